The number of halogens is 2. The van der Waals surface area contributed by atoms with Crippen molar-refractivity contribution >= 4 is 10.8 Å². The van der Waals surface area contributed by atoms with Crippen molar-refractivity contribution in [2.45, 2.75) is 0 Å². The molecule has 0 saturated heterocycles. The summed E-state index contributed by atoms with van der Waals surface area (Å²) >= 11 is 0. The maximum Gasteiger partial charge on any atom is 0.167 e. The summed E-state index contributed by atoms with van der Waals surface area (Å²) in [6, 6.07) is -2.15. The second kappa shape index (κ2) is 3.21. The zero-order valence-electron chi connectivity index (χ0n) is 2.99. The monoisotopic (exact) mass is 114 g/mol. The van der Waals surface area contributed by atoms with Gasteiger partial charge in [0.15, 0.2) is 12.0 Å². The zero-order chi connectivity index (χ0) is 4.99. The molecule has 6 heavy (non-hydrogen) atoms. The highest BCUT2D eigenvalue weighted by molar-refractivity contribution is 7.84. The maximum absolute atomic E-state index is 10.8. The van der Waals surface area contributed by atoms with Crippen LogP contribution >= 0.6 is 0 Å². The molecule has 0 saturated carbocycles. The van der Waals surface area contributed by atoms with Crippen LogP contribution in [0, 0.1) is 0 Å². The van der Waals surface area contributed by atoms with Crippen LogP contribution in [0.3, 0.4) is 0 Å². The smallest absolute Gasteiger partial charge is 0.167 e. The van der Waals surface area contributed by atoms with E-state index in [4.69, 9.17) is 0 Å². The van der Waals surface area contributed by atoms with E-state index in [1.807, 2.05) is 0 Å². The summed E-state index contributed by atoms with van der Waals surface area (Å²) in [7, 11) is -1.87. The van der Waals surface area contributed by atoms with Crippen molar-refractivity contribution in [1.29, 1.82) is 0 Å². The molecule has 0 aliphatic carbocycles. The Hall–Kier alpha value is 0.01000. The summed E-state index contributed by atoms with van der Waals surface area (Å²) in [6.07, 6.45) is 0. The van der Waals surface area contributed by atoms with Crippen molar-refractivity contribution in [3.63, 3.8) is 0 Å². The fourth-order valence-corrected chi connectivity index (χ4v) is 0.0875. The Bertz CT molecular complexity index is 49.5. The third kappa shape index (κ3) is 2.26. The van der Waals surface area contributed by atoms with Gasteiger partial charge in [0.25, 0.3) is 0 Å². The van der Waals surface area contributed by atoms with E-state index in [2.05, 4.69) is 0 Å². The first-order chi connectivity index (χ1) is 2.81. The molecule has 0 heterocycles. The Kier molecular flexibility index (Phi) is 3.21. The second-order valence-electron chi connectivity index (χ2n) is 0.658. The minimum absolute atomic E-state index is 1.07. The largest absolute Gasteiger partial charge is 0.254 e. The Balaban J connectivity index is 2.99. The van der Waals surface area contributed by atoms with E-state index >= 15 is 0 Å². The Morgan fingerprint density at radius 3 is 1.67 bits per heavy atom. The van der Waals surface area contributed by atoms with Gasteiger partial charge in [0, 0.05) is 0 Å². The van der Waals surface area contributed by atoms with E-state index in [1.54, 1.807) is 0 Å². The van der Waals surface area contributed by atoms with E-state index in [-0.39, 0.29) is 0 Å². The first kappa shape index (κ1) is 6.01. The predicted molar refractivity (Wildman–Crippen MR) is 20.1 cm³/mol. The summed E-state index contributed by atoms with van der Waals surface area (Å²) < 4.78 is 31.2. The van der Waals surface area contributed by atoms with Crippen LogP contribution in [0.4, 0.5) is 8.78 Å². The summed E-state index contributed by atoms with van der Waals surface area (Å²) in [5.74, 6) is 0. The molecule has 38 valence electrons. The van der Waals surface area contributed by atoms with Crippen LogP contribution in [0.2, 0.25) is 0 Å². The van der Waals surface area contributed by atoms with Crippen LogP contribution in [0.1, 0.15) is 0 Å². The molecule has 1 nitrogen and oxygen atoms in total. The topological polar surface area (TPSA) is 17.1 Å². The molecule has 0 aliphatic rings. The number of hydrogen-bond donors (Lipinski definition) is 0. The van der Waals surface area contributed by atoms with Gasteiger partial charge in [-0.1, -0.05) is 0 Å². The van der Waals surface area contributed by atoms with Crippen molar-refractivity contribution in [2.75, 3.05) is 12.0 Å². The molecular formula is C2H4F2OS. The van der Waals surface area contributed by atoms with E-state index in [9.17, 15) is 13.0 Å². The number of hydrogen-bond acceptors (Lipinski definition) is 1. The quantitative estimate of drug-likeness (QED) is 0.513. The van der Waals surface area contributed by atoms with Gasteiger partial charge in [-0.15, -0.1) is 0 Å². The molecule has 0 spiro atoms. The molecular weight excluding hydrogens is 110 g/mol. The van der Waals surface area contributed by atoms with Gasteiger partial charge in [0.1, 0.15) is 0 Å². The highest BCUT2D eigenvalue weighted by Crippen LogP contribution is 1.80. The highest BCUT2D eigenvalue weighted by atomic mass is 32.2. The normalized spacial score (nSPS) is 9.83. The Labute approximate surface area is 36.8 Å². The molecule has 0 aliphatic heterocycles. The fraction of sp³-hybridized carbons (Fsp3) is 1.00. The van der Waals surface area contributed by atoms with Crippen molar-refractivity contribution in [3.8, 4) is 0 Å². The molecule has 0 amide bonds. The summed E-state index contributed by atoms with van der Waals surface area (Å²) in [5.41, 5.74) is 0. The average Bonchev–Trinajstić information content (AvgIpc) is 1.65. The molecule has 0 aromatic carbocycles. The molecule has 0 fully saturated rings. The van der Waals surface area contributed by atoms with Crippen LogP contribution in [0.5, 0.6) is 0 Å². The van der Waals surface area contributed by atoms with Gasteiger partial charge in [-0.25, -0.2) is 8.78 Å². The van der Waals surface area contributed by atoms with Crippen molar-refractivity contribution in [2.24, 2.45) is 0 Å². The van der Waals surface area contributed by atoms with Gasteiger partial charge in [-0.3, -0.25) is 4.21 Å². The maximum atomic E-state index is 10.8. The van der Waals surface area contributed by atoms with Crippen LogP contribution in [0.25, 0.3) is 0 Å². The van der Waals surface area contributed by atoms with Crippen LogP contribution in [0.15, 0.2) is 0 Å². The van der Waals surface area contributed by atoms with E-state index in [1.165, 1.54) is 0 Å². The van der Waals surface area contributed by atoms with Crippen molar-refractivity contribution < 1.29 is 13.0 Å². The minimum atomic E-state index is -1.87. The highest BCUT2D eigenvalue weighted by Gasteiger charge is 1.90. The molecule has 0 aromatic heterocycles. The lowest BCUT2D eigenvalue weighted by Crippen LogP contribution is -1.90. The van der Waals surface area contributed by atoms with Gasteiger partial charge in [-0.2, -0.15) is 0 Å². The summed E-state index contributed by atoms with van der Waals surface area (Å²) in [4.78, 5) is 0. The van der Waals surface area contributed by atoms with Gasteiger partial charge < -0.3 is 0 Å². The number of rotatable bonds is 2. The van der Waals surface area contributed by atoms with Crippen molar-refractivity contribution in [3.05, 3.63) is 0 Å². The molecule has 0 bridgehead atoms. The Morgan fingerprint density at radius 1 is 1.33 bits per heavy atom. The molecule has 0 rings (SSSR count). The molecule has 4 heteroatoms. The van der Waals surface area contributed by atoms with E-state index < -0.39 is 22.8 Å². The minimum Gasteiger partial charge on any atom is -0.254 e. The molecule has 0 atom stereocenters. The first-order valence-corrected chi connectivity index (χ1v) is 2.77. The van der Waals surface area contributed by atoms with Gasteiger partial charge in [-0.05, 0) is 0 Å². The summed E-state index contributed by atoms with van der Waals surface area (Å²) in [5, 5.41) is 0. The molecule has 0 unspecified atom stereocenters. The standard InChI is InChI=1S/C2H4F2OS/c3-1-6(5)2-4/h1-2H2. The van der Waals surface area contributed by atoms with Gasteiger partial charge >= 0.3 is 0 Å². The fourth-order valence-electron chi connectivity index (χ4n) is 0.0292. The lowest BCUT2D eigenvalue weighted by atomic mass is 11.8. The van der Waals surface area contributed by atoms with Crippen LogP contribution in [-0.4, -0.2) is 16.2 Å². The molecule has 0 N–H and O–H groups in total. The third-order valence-electron chi connectivity index (χ3n) is 0.243. The number of alkyl halides is 2. The second-order valence-corrected chi connectivity index (χ2v) is 1.97. The first-order valence-electron chi connectivity index (χ1n) is 1.28. The van der Waals surface area contributed by atoms with E-state index in [0.29, 0.717) is 0 Å². The van der Waals surface area contributed by atoms with Crippen molar-refractivity contribution in [1.82, 2.24) is 0 Å². The van der Waals surface area contributed by atoms with E-state index in [0.717, 1.165) is 0 Å². The lowest BCUT2D eigenvalue weighted by Gasteiger charge is -1.78. The predicted octanol–water partition coefficient (Wildman–Crippen LogP) is 0.589. The van der Waals surface area contributed by atoms with Gasteiger partial charge in [0.05, 0.1) is 10.8 Å². The van der Waals surface area contributed by atoms with Crippen LogP contribution in [-0.2, 0) is 10.8 Å². The third-order valence-corrected chi connectivity index (χ3v) is 0.730. The SMILES string of the molecule is O=S(CF)CF. The lowest BCUT2D eigenvalue weighted by molar-refractivity contribution is 0.546. The average molecular weight is 114 g/mol. The summed E-state index contributed by atoms with van der Waals surface area (Å²) in [6.45, 7) is 0. The van der Waals surface area contributed by atoms with Crippen LogP contribution < -0.4 is 0 Å². The Morgan fingerprint density at radius 2 is 1.67 bits per heavy atom. The molecule has 0 radical (unpaired) electrons. The molecule has 0 aromatic rings. The zero-order valence-corrected chi connectivity index (χ0v) is 3.80. The van der Waals surface area contributed by atoms with Gasteiger partial charge in [0.2, 0.25) is 0 Å².